The highest BCUT2D eigenvalue weighted by Gasteiger charge is 2.20. The van der Waals surface area contributed by atoms with Crippen LogP contribution < -0.4 is 14.8 Å². The average molecular weight is 386 g/mol. The molecule has 0 fully saturated rings. The van der Waals surface area contributed by atoms with Crippen LogP contribution in [0.25, 0.3) is 0 Å². The van der Waals surface area contributed by atoms with Gasteiger partial charge in [-0.2, -0.15) is 0 Å². The summed E-state index contributed by atoms with van der Waals surface area (Å²) in [7, 11) is -0.831. The average Bonchev–Trinajstić information content (AvgIpc) is 2.60. The quantitative estimate of drug-likeness (QED) is 0.645. The maximum absolute atomic E-state index is 12.5. The molecule has 2 N–H and O–H groups in total. The summed E-state index contributed by atoms with van der Waals surface area (Å²) in [6, 6.07) is 7.70. The molecule has 25 heavy (non-hydrogen) atoms. The standard InChI is InChI=1S/C16H20ClN3O4S/c1-23-9-3-8-18-13-5-7-16(19-11-13)20-25(21,22)15-10-12(17)4-6-14(15)24-2/h4-7,10-11,18H,3,8-9H2,1-2H3,(H,19,20). The van der Waals surface area contributed by atoms with Crippen molar-refractivity contribution in [2.24, 2.45) is 0 Å². The lowest BCUT2D eigenvalue weighted by Gasteiger charge is -2.12. The number of ether oxygens (including phenoxy) is 2. The molecule has 0 spiro atoms. The summed E-state index contributed by atoms with van der Waals surface area (Å²) in [4.78, 5) is 4.06. The third-order valence-electron chi connectivity index (χ3n) is 3.27. The first-order chi connectivity index (χ1) is 12.0. The van der Waals surface area contributed by atoms with E-state index >= 15 is 0 Å². The predicted octanol–water partition coefficient (Wildman–Crippen LogP) is 2.99. The topological polar surface area (TPSA) is 89.6 Å². The monoisotopic (exact) mass is 385 g/mol. The number of methoxy groups -OCH3 is 2. The Bertz CT molecular complexity index is 798. The van der Waals surface area contributed by atoms with Crippen molar-refractivity contribution in [2.75, 3.05) is 37.4 Å². The lowest BCUT2D eigenvalue weighted by molar-refractivity contribution is 0.198. The Morgan fingerprint density at radius 3 is 2.64 bits per heavy atom. The molecule has 1 aromatic heterocycles. The zero-order chi connectivity index (χ0) is 18.3. The van der Waals surface area contributed by atoms with Crippen molar-refractivity contribution in [3.63, 3.8) is 0 Å². The van der Waals surface area contributed by atoms with Gasteiger partial charge in [0, 0.05) is 25.3 Å². The molecule has 0 atom stereocenters. The first-order valence-corrected chi connectivity index (χ1v) is 9.37. The van der Waals surface area contributed by atoms with Crippen molar-refractivity contribution in [3.8, 4) is 5.75 Å². The molecule has 0 saturated carbocycles. The van der Waals surface area contributed by atoms with Gasteiger partial charge in [-0.15, -0.1) is 0 Å². The summed E-state index contributed by atoms with van der Waals surface area (Å²) in [5.74, 6) is 0.401. The minimum Gasteiger partial charge on any atom is -0.495 e. The molecular weight excluding hydrogens is 366 g/mol. The number of anilines is 2. The van der Waals surface area contributed by atoms with Crippen molar-refractivity contribution in [3.05, 3.63) is 41.6 Å². The van der Waals surface area contributed by atoms with Gasteiger partial charge in [-0.25, -0.2) is 13.4 Å². The molecule has 0 bridgehead atoms. The number of rotatable bonds is 9. The molecule has 1 aromatic carbocycles. The number of sulfonamides is 1. The van der Waals surface area contributed by atoms with Crippen LogP contribution in [-0.4, -0.2) is 40.8 Å². The van der Waals surface area contributed by atoms with Gasteiger partial charge in [0.25, 0.3) is 10.0 Å². The van der Waals surface area contributed by atoms with Gasteiger partial charge < -0.3 is 14.8 Å². The number of pyridine rings is 1. The third kappa shape index (κ3) is 5.48. The number of hydrogen-bond donors (Lipinski definition) is 2. The maximum atomic E-state index is 12.5. The first-order valence-electron chi connectivity index (χ1n) is 7.51. The van der Waals surface area contributed by atoms with Gasteiger partial charge >= 0.3 is 0 Å². The molecule has 9 heteroatoms. The fourth-order valence-corrected chi connectivity index (χ4v) is 3.50. The van der Waals surface area contributed by atoms with Gasteiger partial charge in [0.2, 0.25) is 0 Å². The SMILES string of the molecule is COCCCNc1ccc(NS(=O)(=O)c2cc(Cl)ccc2OC)nc1. The van der Waals surface area contributed by atoms with Crippen LogP contribution in [0, 0.1) is 0 Å². The molecule has 7 nitrogen and oxygen atoms in total. The molecule has 0 radical (unpaired) electrons. The second-order valence-corrected chi connectivity index (χ2v) is 7.19. The molecule has 136 valence electrons. The first kappa shape index (κ1) is 19.3. The Balaban J connectivity index is 2.09. The number of aromatic nitrogens is 1. The van der Waals surface area contributed by atoms with Crippen LogP contribution in [0.3, 0.4) is 0 Å². The normalized spacial score (nSPS) is 11.2. The molecule has 0 aliphatic rings. The van der Waals surface area contributed by atoms with Gasteiger partial charge in [0.1, 0.15) is 16.5 Å². The van der Waals surface area contributed by atoms with E-state index in [1.54, 1.807) is 31.5 Å². The van der Waals surface area contributed by atoms with Gasteiger partial charge in [-0.1, -0.05) is 11.6 Å². The number of halogens is 1. The molecule has 2 rings (SSSR count). The largest absolute Gasteiger partial charge is 0.495 e. The zero-order valence-corrected chi connectivity index (χ0v) is 15.5. The second kappa shape index (κ2) is 8.89. The van der Waals surface area contributed by atoms with Crippen molar-refractivity contribution < 1.29 is 17.9 Å². The van der Waals surface area contributed by atoms with Crippen molar-refractivity contribution in [2.45, 2.75) is 11.3 Å². The summed E-state index contributed by atoms with van der Waals surface area (Å²) in [5, 5.41) is 3.47. The highest BCUT2D eigenvalue weighted by Crippen LogP contribution is 2.28. The van der Waals surface area contributed by atoms with E-state index in [1.165, 1.54) is 19.2 Å². The lowest BCUT2D eigenvalue weighted by Crippen LogP contribution is -2.15. The van der Waals surface area contributed by atoms with Gasteiger partial charge in [-0.3, -0.25) is 4.72 Å². The van der Waals surface area contributed by atoms with Gasteiger partial charge in [0.05, 0.1) is 19.0 Å². The Morgan fingerprint density at radius 1 is 1.20 bits per heavy atom. The molecule has 0 amide bonds. The minimum atomic E-state index is -3.87. The minimum absolute atomic E-state index is 0.0499. The van der Waals surface area contributed by atoms with Crippen LogP contribution in [0.4, 0.5) is 11.5 Å². The van der Waals surface area contributed by atoms with Crippen LogP contribution in [0.2, 0.25) is 5.02 Å². The van der Waals surface area contributed by atoms with E-state index in [-0.39, 0.29) is 16.5 Å². The number of nitrogens with one attached hydrogen (secondary N) is 2. The van der Waals surface area contributed by atoms with E-state index in [4.69, 9.17) is 21.1 Å². The Morgan fingerprint density at radius 2 is 2.00 bits per heavy atom. The molecule has 0 saturated heterocycles. The Hall–Kier alpha value is -2.03. The molecule has 1 heterocycles. The van der Waals surface area contributed by atoms with Crippen LogP contribution in [0.1, 0.15) is 6.42 Å². The highest BCUT2D eigenvalue weighted by atomic mass is 35.5. The lowest BCUT2D eigenvalue weighted by atomic mass is 10.3. The molecule has 0 aliphatic carbocycles. The van der Waals surface area contributed by atoms with E-state index in [9.17, 15) is 8.42 Å². The molecular formula is C16H20ClN3O4S. The zero-order valence-electron chi connectivity index (χ0n) is 14.0. The van der Waals surface area contributed by atoms with Gasteiger partial charge in [-0.05, 0) is 36.8 Å². The summed E-state index contributed by atoms with van der Waals surface area (Å²) < 4.78 is 37.6. The van der Waals surface area contributed by atoms with Crippen molar-refractivity contribution in [1.82, 2.24) is 4.98 Å². The van der Waals surface area contributed by atoms with Gasteiger partial charge in [0.15, 0.2) is 0 Å². The van der Waals surface area contributed by atoms with E-state index in [2.05, 4.69) is 15.0 Å². The maximum Gasteiger partial charge on any atom is 0.266 e. The van der Waals surface area contributed by atoms with E-state index in [1.807, 2.05) is 0 Å². The predicted molar refractivity (Wildman–Crippen MR) is 98.0 cm³/mol. The van der Waals surface area contributed by atoms with Crippen molar-refractivity contribution in [1.29, 1.82) is 0 Å². The summed E-state index contributed by atoms with van der Waals surface area (Å²) >= 11 is 5.89. The molecule has 2 aromatic rings. The number of benzene rings is 1. The molecule has 0 unspecified atom stereocenters. The van der Waals surface area contributed by atoms with Crippen LogP contribution in [-0.2, 0) is 14.8 Å². The van der Waals surface area contributed by atoms with Crippen molar-refractivity contribution >= 4 is 33.1 Å². The third-order valence-corrected chi connectivity index (χ3v) is 4.88. The van der Waals surface area contributed by atoms with Crippen LogP contribution in [0.15, 0.2) is 41.4 Å². The summed E-state index contributed by atoms with van der Waals surface area (Å²) in [6.45, 7) is 1.40. The molecule has 0 aliphatic heterocycles. The van der Waals surface area contributed by atoms with Crippen LogP contribution in [0.5, 0.6) is 5.75 Å². The van der Waals surface area contributed by atoms with Crippen LogP contribution >= 0.6 is 11.6 Å². The fraction of sp³-hybridized carbons (Fsp3) is 0.312. The van der Waals surface area contributed by atoms with E-state index < -0.39 is 10.0 Å². The highest BCUT2D eigenvalue weighted by molar-refractivity contribution is 7.92. The van der Waals surface area contributed by atoms with E-state index in [0.717, 1.165) is 18.7 Å². The number of hydrogen-bond acceptors (Lipinski definition) is 6. The Kier molecular flexibility index (Phi) is 6.86. The second-order valence-electron chi connectivity index (χ2n) is 5.11. The number of nitrogens with zero attached hydrogens (tertiary/aromatic N) is 1. The van der Waals surface area contributed by atoms with E-state index in [0.29, 0.717) is 11.6 Å². The smallest absolute Gasteiger partial charge is 0.266 e. The fourth-order valence-electron chi connectivity index (χ4n) is 2.06. The summed E-state index contributed by atoms with van der Waals surface area (Å²) in [6.07, 6.45) is 2.42. The Labute approximate surface area is 152 Å². The summed E-state index contributed by atoms with van der Waals surface area (Å²) in [5.41, 5.74) is 0.791.